The zero-order valence-electron chi connectivity index (χ0n) is 15.1. The molecular formula is C18H20F3N3O3. The fourth-order valence-electron chi connectivity index (χ4n) is 2.98. The van der Waals surface area contributed by atoms with E-state index < -0.39 is 30.5 Å². The monoisotopic (exact) mass is 383 g/mol. The van der Waals surface area contributed by atoms with Crippen LogP contribution >= 0.6 is 0 Å². The first-order chi connectivity index (χ1) is 12.5. The SMILES string of the molecule is Cc1nn(CC(F)(F)F)c(C)c1C(C)C(=O)Nc1cccc(CC(=O)O)c1. The molecule has 0 aliphatic carbocycles. The highest BCUT2D eigenvalue weighted by molar-refractivity contribution is 5.96. The number of carboxylic acid groups (broad SMARTS) is 1. The fraction of sp³-hybridized carbons (Fsp3) is 0.389. The van der Waals surface area contributed by atoms with Crippen LogP contribution in [-0.4, -0.2) is 32.9 Å². The predicted molar refractivity (Wildman–Crippen MR) is 92.6 cm³/mol. The lowest BCUT2D eigenvalue weighted by atomic mass is 9.98. The van der Waals surface area contributed by atoms with Crippen molar-refractivity contribution in [2.45, 2.75) is 45.8 Å². The van der Waals surface area contributed by atoms with E-state index in [4.69, 9.17) is 5.11 Å². The van der Waals surface area contributed by atoms with Crippen molar-refractivity contribution in [3.63, 3.8) is 0 Å². The molecule has 1 aromatic heterocycles. The zero-order chi connectivity index (χ0) is 20.4. The smallest absolute Gasteiger partial charge is 0.408 e. The van der Waals surface area contributed by atoms with Gasteiger partial charge in [0.2, 0.25) is 5.91 Å². The minimum absolute atomic E-state index is 0.179. The van der Waals surface area contributed by atoms with Crippen LogP contribution < -0.4 is 5.32 Å². The number of rotatable bonds is 6. The Kier molecular flexibility index (Phi) is 5.92. The van der Waals surface area contributed by atoms with Gasteiger partial charge in [0.25, 0.3) is 0 Å². The molecule has 1 heterocycles. The van der Waals surface area contributed by atoms with Crippen LogP contribution in [-0.2, 0) is 22.6 Å². The van der Waals surface area contributed by atoms with Gasteiger partial charge in [-0.25, -0.2) is 0 Å². The topological polar surface area (TPSA) is 84.2 Å². The second-order valence-corrected chi connectivity index (χ2v) is 6.34. The maximum Gasteiger partial charge on any atom is 0.408 e. The molecule has 1 amide bonds. The number of nitrogens with zero attached hydrogens (tertiary/aromatic N) is 2. The first-order valence-electron chi connectivity index (χ1n) is 8.20. The summed E-state index contributed by atoms with van der Waals surface area (Å²) in [6.07, 6.45) is -4.59. The second-order valence-electron chi connectivity index (χ2n) is 6.34. The third-order valence-corrected chi connectivity index (χ3v) is 4.14. The van der Waals surface area contributed by atoms with Crippen molar-refractivity contribution in [2.75, 3.05) is 5.32 Å². The molecule has 0 saturated carbocycles. The first kappa shape index (κ1) is 20.5. The Balaban J connectivity index is 2.19. The number of nitrogens with one attached hydrogen (secondary N) is 1. The van der Waals surface area contributed by atoms with Crippen LogP contribution in [0.4, 0.5) is 18.9 Å². The van der Waals surface area contributed by atoms with E-state index in [2.05, 4.69) is 10.4 Å². The molecule has 0 fully saturated rings. The standard InChI is InChI=1S/C18H20F3N3O3/c1-10(16-11(2)23-24(12(16)3)9-18(19,20)21)17(27)22-14-6-4-5-13(7-14)8-15(25)26/h4-7,10H,8-9H2,1-3H3,(H,22,27)(H,25,26). The summed E-state index contributed by atoms with van der Waals surface area (Å²) < 4.78 is 38.8. The molecule has 0 spiro atoms. The van der Waals surface area contributed by atoms with Gasteiger partial charge in [0.05, 0.1) is 18.0 Å². The lowest BCUT2D eigenvalue weighted by Crippen LogP contribution is -2.21. The van der Waals surface area contributed by atoms with E-state index in [0.717, 1.165) is 4.68 Å². The van der Waals surface area contributed by atoms with Gasteiger partial charge in [0.15, 0.2) is 0 Å². The summed E-state index contributed by atoms with van der Waals surface area (Å²) >= 11 is 0. The number of aryl methyl sites for hydroxylation is 1. The molecule has 1 unspecified atom stereocenters. The van der Waals surface area contributed by atoms with E-state index in [0.29, 0.717) is 22.5 Å². The maximum atomic E-state index is 12.7. The summed E-state index contributed by atoms with van der Waals surface area (Å²) in [7, 11) is 0. The molecule has 0 aliphatic rings. The molecule has 1 atom stereocenters. The van der Waals surface area contributed by atoms with Crippen LogP contribution in [0.1, 0.15) is 35.4 Å². The summed E-state index contributed by atoms with van der Waals surface area (Å²) in [5.74, 6) is -2.13. The van der Waals surface area contributed by atoms with Crippen LogP contribution in [0.2, 0.25) is 0 Å². The van der Waals surface area contributed by atoms with Gasteiger partial charge < -0.3 is 10.4 Å². The maximum absolute atomic E-state index is 12.7. The molecule has 0 saturated heterocycles. The third-order valence-electron chi connectivity index (χ3n) is 4.14. The highest BCUT2D eigenvalue weighted by Gasteiger charge is 2.31. The molecule has 0 radical (unpaired) electrons. The predicted octanol–water partition coefficient (Wildman–Crippen LogP) is 3.43. The van der Waals surface area contributed by atoms with Crippen molar-refractivity contribution in [2.24, 2.45) is 0 Å². The van der Waals surface area contributed by atoms with Crippen molar-refractivity contribution < 1.29 is 27.9 Å². The van der Waals surface area contributed by atoms with Crippen molar-refractivity contribution in [3.8, 4) is 0 Å². The number of hydrogen-bond donors (Lipinski definition) is 2. The minimum Gasteiger partial charge on any atom is -0.481 e. The van der Waals surface area contributed by atoms with Crippen molar-refractivity contribution in [3.05, 3.63) is 46.8 Å². The number of amides is 1. The van der Waals surface area contributed by atoms with E-state index in [1.54, 1.807) is 38.1 Å². The molecule has 0 aliphatic heterocycles. The number of carbonyl (C=O) groups is 2. The number of halogens is 3. The summed E-state index contributed by atoms with van der Waals surface area (Å²) in [4.78, 5) is 23.4. The van der Waals surface area contributed by atoms with Crippen molar-refractivity contribution in [1.82, 2.24) is 9.78 Å². The number of anilines is 1. The molecule has 6 nitrogen and oxygen atoms in total. The van der Waals surface area contributed by atoms with E-state index in [9.17, 15) is 22.8 Å². The van der Waals surface area contributed by atoms with Crippen molar-refractivity contribution >= 4 is 17.6 Å². The number of hydrogen-bond acceptors (Lipinski definition) is 3. The van der Waals surface area contributed by atoms with Crippen LogP contribution in [0.15, 0.2) is 24.3 Å². The average molecular weight is 383 g/mol. The summed E-state index contributed by atoms with van der Waals surface area (Å²) in [5, 5.41) is 15.4. The molecule has 9 heteroatoms. The van der Waals surface area contributed by atoms with Gasteiger partial charge in [-0.15, -0.1) is 0 Å². The highest BCUT2D eigenvalue weighted by atomic mass is 19.4. The normalized spacial score (nSPS) is 12.7. The zero-order valence-corrected chi connectivity index (χ0v) is 15.1. The molecule has 2 N–H and O–H groups in total. The Labute approximate surface area is 154 Å². The first-order valence-corrected chi connectivity index (χ1v) is 8.20. The Morgan fingerprint density at radius 1 is 1.30 bits per heavy atom. The van der Waals surface area contributed by atoms with Gasteiger partial charge in [0, 0.05) is 16.9 Å². The number of aromatic nitrogens is 2. The average Bonchev–Trinajstić information content (AvgIpc) is 2.78. The number of aliphatic carboxylic acids is 1. The van der Waals surface area contributed by atoms with Crippen LogP contribution in [0.25, 0.3) is 0 Å². The Morgan fingerprint density at radius 2 is 1.96 bits per heavy atom. The van der Waals surface area contributed by atoms with E-state index in [1.165, 1.54) is 6.92 Å². The quantitative estimate of drug-likeness (QED) is 0.800. The van der Waals surface area contributed by atoms with E-state index >= 15 is 0 Å². The lowest BCUT2D eigenvalue weighted by Gasteiger charge is -2.14. The second kappa shape index (κ2) is 7.81. The largest absolute Gasteiger partial charge is 0.481 e. The molecular weight excluding hydrogens is 363 g/mol. The lowest BCUT2D eigenvalue weighted by molar-refractivity contribution is -0.143. The van der Waals surface area contributed by atoms with Gasteiger partial charge in [-0.2, -0.15) is 18.3 Å². The molecule has 2 rings (SSSR count). The Morgan fingerprint density at radius 3 is 2.56 bits per heavy atom. The fourth-order valence-corrected chi connectivity index (χ4v) is 2.98. The van der Waals surface area contributed by atoms with Gasteiger partial charge in [-0.05, 0) is 38.5 Å². The van der Waals surface area contributed by atoms with E-state index in [1.807, 2.05) is 0 Å². The van der Waals surface area contributed by atoms with Crippen LogP contribution in [0.3, 0.4) is 0 Å². The molecule has 146 valence electrons. The number of benzene rings is 1. The van der Waals surface area contributed by atoms with Gasteiger partial charge in [-0.1, -0.05) is 12.1 Å². The van der Waals surface area contributed by atoms with Gasteiger partial charge in [0.1, 0.15) is 6.54 Å². The Bertz CT molecular complexity index is 859. The highest BCUT2D eigenvalue weighted by Crippen LogP contribution is 2.27. The molecule has 1 aromatic carbocycles. The summed E-state index contributed by atoms with van der Waals surface area (Å²) in [5.41, 5.74) is 2.03. The van der Waals surface area contributed by atoms with Gasteiger partial charge >= 0.3 is 12.1 Å². The number of alkyl halides is 3. The molecule has 0 bridgehead atoms. The number of carbonyl (C=O) groups excluding carboxylic acids is 1. The summed E-state index contributed by atoms with van der Waals surface area (Å²) in [6.45, 7) is 3.43. The van der Waals surface area contributed by atoms with Gasteiger partial charge in [-0.3, -0.25) is 14.3 Å². The molecule has 27 heavy (non-hydrogen) atoms. The third kappa shape index (κ3) is 5.32. The van der Waals surface area contributed by atoms with Crippen LogP contribution in [0, 0.1) is 13.8 Å². The molecule has 2 aromatic rings. The Hall–Kier alpha value is -2.84. The van der Waals surface area contributed by atoms with E-state index in [-0.39, 0.29) is 12.1 Å². The van der Waals surface area contributed by atoms with Crippen molar-refractivity contribution in [1.29, 1.82) is 0 Å². The number of carboxylic acids is 1. The minimum atomic E-state index is -4.41. The summed E-state index contributed by atoms with van der Waals surface area (Å²) in [6, 6.07) is 6.41. The van der Waals surface area contributed by atoms with Crippen LogP contribution in [0.5, 0.6) is 0 Å².